The van der Waals surface area contributed by atoms with Gasteiger partial charge >= 0.3 is 10.1 Å². The minimum atomic E-state index is -3.51. The zero-order chi connectivity index (χ0) is 11.8. The normalized spacial score (nSPS) is 14.6. The van der Waals surface area contributed by atoms with E-state index in [1.807, 2.05) is 6.07 Å². The zero-order valence-electron chi connectivity index (χ0n) is 9.32. The molecule has 4 nitrogen and oxygen atoms in total. The van der Waals surface area contributed by atoms with Crippen molar-refractivity contribution in [2.75, 3.05) is 13.4 Å². The summed E-state index contributed by atoms with van der Waals surface area (Å²) in [6.45, 7) is 0. The van der Waals surface area contributed by atoms with Crippen molar-refractivity contribution >= 4 is 10.1 Å². The maximum absolute atomic E-state index is 11.2. The van der Waals surface area contributed by atoms with Gasteiger partial charge in [-0.3, -0.25) is 0 Å². The number of benzene rings is 1. The molecule has 1 aliphatic rings. The second kappa shape index (κ2) is 3.97. The van der Waals surface area contributed by atoms with Crippen LogP contribution in [0.4, 0.5) is 0 Å². The summed E-state index contributed by atoms with van der Waals surface area (Å²) in [4.78, 5) is 0. The Bertz CT molecular complexity index is 505. The lowest BCUT2D eigenvalue weighted by Gasteiger charge is -2.12. The molecule has 0 bridgehead atoms. The van der Waals surface area contributed by atoms with Crippen molar-refractivity contribution in [2.45, 2.75) is 19.3 Å². The van der Waals surface area contributed by atoms with Crippen LogP contribution in [0.5, 0.6) is 11.5 Å². The first-order valence-corrected chi connectivity index (χ1v) is 6.91. The molecule has 0 N–H and O–H groups in total. The van der Waals surface area contributed by atoms with Crippen molar-refractivity contribution in [3.63, 3.8) is 0 Å². The molecule has 0 unspecified atom stereocenters. The quantitative estimate of drug-likeness (QED) is 0.754. The van der Waals surface area contributed by atoms with Crippen LogP contribution in [-0.4, -0.2) is 21.8 Å². The fourth-order valence-electron chi connectivity index (χ4n) is 2.01. The Hall–Kier alpha value is -1.23. The van der Waals surface area contributed by atoms with Gasteiger partial charge in [0, 0.05) is 5.56 Å². The Balaban J connectivity index is 2.52. The molecule has 0 amide bonds. The van der Waals surface area contributed by atoms with Crippen molar-refractivity contribution in [1.29, 1.82) is 0 Å². The van der Waals surface area contributed by atoms with Crippen LogP contribution in [0.15, 0.2) is 12.1 Å². The molecule has 88 valence electrons. The Labute approximate surface area is 95.3 Å². The second-order valence-corrected chi connectivity index (χ2v) is 5.45. The van der Waals surface area contributed by atoms with Gasteiger partial charge in [-0.25, -0.2) is 0 Å². The monoisotopic (exact) mass is 242 g/mol. The molecule has 0 atom stereocenters. The van der Waals surface area contributed by atoms with E-state index in [0.29, 0.717) is 11.5 Å². The maximum atomic E-state index is 11.2. The average Bonchev–Trinajstić information content (AvgIpc) is 2.64. The molecular weight excluding hydrogens is 228 g/mol. The van der Waals surface area contributed by atoms with E-state index in [1.54, 1.807) is 6.07 Å². The van der Waals surface area contributed by atoms with E-state index in [-0.39, 0.29) is 0 Å². The summed E-state index contributed by atoms with van der Waals surface area (Å²) in [6.07, 6.45) is 3.89. The van der Waals surface area contributed by atoms with Gasteiger partial charge in [0.25, 0.3) is 0 Å². The van der Waals surface area contributed by atoms with E-state index >= 15 is 0 Å². The SMILES string of the molecule is COc1ccc2c(c1OS(C)(=O)=O)CCC2. The average molecular weight is 242 g/mol. The van der Waals surface area contributed by atoms with Crippen LogP contribution in [0.25, 0.3) is 0 Å². The fourth-order valence-corrected chi connectivity index (χ4v) is 2.50. The van der Waals surface area contributed by atoms with Crippen molar-refractivity contribution in [3.8, 4) is 11.5 Å². The third-order valence-corrected chi connectivity index (χ3v) is 3.12. The lowest BCUT2D eigenvalue weighted by molar-refractivity contribution is 0.390. The van der Waals surface area contributed by atoms with Crippen LogP contribution >= 0.6 is 0 Å². The Morgan fingerprint density at radius 1 is 1.25 bits per heavy atom. The van der Waals surface area contributed by atoms with Gasteiger partial charge in [0.2, 0.25) is 0 Å². The van der Waals surface area contributed by atoms with Gasteiger partial charge in [0.15, 0.2) is 11.5 Å². The summed E-state index contributed by atoms with van der Waals surface area (Å²) in [5, 5.41) is 0. The van der Waals surface area contributed by atoms with Crippen molar-refractivity contribution in [1.82, 2.24) is 0 Å². The number of ether oxygens (including phenoxy) is 1. The van der Waals surface area contributed by atoms with Crippen molar-refractivity contribution in [3.05, 3.63) is 23.3 Å². The molecule has 16 heavy (non-hydrogen) atoms. The van der Waals surface area contributed by atoms with Gasteiger partial charge in [-0.2, -0.15) is 8.42 Å². The first-order valence-electron chi connectivity index (χ1n) is 5.09. The van der Waals surface area contributed by atoms with E-state index in [1.165, 1.54) is 7.11 Å². The summed E-state index contributed by atoms with van der Waals surface area (Å²) in [7, 11) is -2.01. The molecule has 0 spiro atoms. The van der Waals surface area contributed by atoms with E-state index in [2.05, 4.69) is 0 Å². The summed E-state index contributed by atoms with van der Waals surface area (Å²) in [5.74, 6) is 0.839. The molecule has 1 aromatic rings. The largest absolute Gasteiger partial charge is 0.493 e. The molecule has 0 saturated carbocycles. The van der Waals surface area contributed by atoms with E-state index < -0.39 is 10.1 Å². The Morgan fingerprint density at radius 2 is 2.00 bits per heavy atom. The number of hydrogen-bond donors (Lipinski definition) is 0. The lowest BCUT2D eigenvalue weighted by atomic mass is 10.1. The Morgan fingerprint density at radius 3 is 2.62 bits per heavy atom. The highest BCUT2D eigenvalue weighted by atomic mass is 32.2. The van der Waals surface area contributed by atoms with Crippen LogP contribution < -0.4 is 8.92 Å². The van der Waals surface area contributed by atoms with Crippen LogP contribution in [-0.2, 0) is 23.0 Å². The second-order valence-electron chi connectivity index (χ2n) is 3.88. The third-order valence-electron chi connectivity index (χ3n) is 2.65. The minimum absolute atomic E-state index is 0.361. The standard InChI is InChI=1S/C11H14O4S/c1-14-10-7-6-8-4-3-5-9(8)11(10)15-16(2,12)13/h6-7H,3-5H2,1-2H3. The molecular formula is C11H14O4S. The maximum Gasteiger partial charge on any atom is 0.306 e. The van der Waals surface area contributed by atoms with Gasteiger partial charge in [-0.15, -0.1) is 0 Å². The Kier molecular flexibility index (Phi) is 2.80. The first kappa shape index (κ1) is 11.3. The highest BCUT2D eigenvalue weighted by molar-refractivity contribution is 7.86. The van der Waals surface area contributed by atoms with E-state index in [4.69, 9.17) is 8.92 Å². The number of fused-ring (bicyclic) bond motifs is 1. The predicted molar refractivity (Wildman–Crippen MR) is 60.5 cm³/mol. The van der Waals surface area contributed by atoms with Crippen molar-refractivity contribution < 1.29 is 17.3 Å². The molecule has 0 fully saturated rings. The molecule has 0 radical (unpaired) electrons. The van der Waals surface area contributed by atoms with Gasteiger partial charge < -0.3 is 8.92 Å². The highest BCUT2D eigenvalue weighted by Crippen LogP contribution is 2.38. The van der Waals surface area contributed by atoms with Crippen LogP contribution in [0.1, 0.15) is 17.5 Å². The van der Waals surface area contributed by atoms with E-state index in [9.17, 15) is 8.42 Å². The van der Waals surface area contributed by atoms with Crippen LogP contribution in [0, 0.1) is 0 Å². The summed E-state index contributed by atoms with van der Waals surface area (Å²) in [5.41, 5.74) is 2.12. The minimum Gasteiger partial charge on any atom is -0.493 e. The summed E-state index contributed by atoms with van der Waals surface area (Å²) in [6, 6.07) is 3.72. The molecule has 1 aromatic carbocycles. The van der Waals surface area contributed by atoms with E-state index in [0.717, 1.165) is 36.6 Å². The van der Waals surface area contributed by atoms with Gasteiger partial charge in [-0.05, 0) is 30.9 Å². The fraction of sp³-hybridized carbons (Fsp3) is 0.455. The molecule has 2 rings (SSSR count). The highest BCUT2D eigenvalue weighted by Gasteiger charge is 2.22. The first-order chi connectivity index (χ1) is 7.51. The molecule has 1 aliphatic carbocycles. The molecule has 0 aliphatic heterocycles. The summed E-state index contributed by atoms with van der Waals surface area (Å²) >= 11 is 0. The van der Waals surface area contributed by atoms with Gasteiger partial charge in [0.05, 0.1) is 13.4 Å². The topological polar surface area (TPSA) is 52.6 Å². The van der Waals surface area contributed by atoms with Gasteiger partial charge in [-0.1, -0.05) is 6.07 Å². The lowest BCUT2D eigenvalue weighted by Crippen LogP contribution is -2.08. The number of rotatable bonds is 3. The summed E-state index contributed by atoms with van der Waals surface area (Å²) < 4.78 is 32.5. The number of methoxy groups -OCH3 is 1. The zero-order valence-corrected chi connectivity index (χ0v) is 10.1. The molecule has 0 aromatic heterocycles. The van der Waals surface area contributed by atoms with Crippen LogP contribution in [0.2, 0.25) is 0 Å². The number of aryl methyl sites for hydroxylation is 1. The van der Waals surface area contributed by atoms with Gasteiger partial charge in [0.1, 0.15) is 0 Å². The molecule has 5 heteroatoms. The molecule has 0 saturated heterocycles. The predicted octanol–water partition coefficient (Wildman–Crippen LogP) is 1.52. The third kappa shape index (κ3) is 2.14. The van der Waals surface area contributed by atoms with Crippen LogP contribution in [0.3, 0.4) is 0 Å². The van der Waals surface area contributed by atoms with Crippen molar-refractivity contribution in [2.24, 2.45) is 0 Å². The molecule has 0 heterocycles. The smallest absolute Gasteiger partial charge is 0.306 e. The number of hydrogen-bond acceptors (Lipinski definition) is 4.